The van der Waals surface area contributed by atoms with Crippen LogP contribution in [0.4, 0.5) is 39.8 Å². The summed E-state index contributed by atoms with van der Waals surface area (Å²) in [6.45, 7) is -0.118. The highest BCUT2D eigenvalue weighted by atomic mass is 15.6. The minimum atomic E-state index is -0.118. The van der Waals surface area contributed by atoms with E-state index in [0.29, 0.717) is 6.04 Å². The highest BCUT2D eigenvalue weighted by Gasteiger charge is 2.82. The van der Waals surface area contributed by atoms with E-state index in [2.05, 4.69) is 299 Å². The molecule has 2 saturated carbocycles. The Hall–Kier alpha value is -9.94. The largest absolute Gasteiger partial charge is 0.310 e. The van der Waals surface area contributed by atoms with Gasteiger partial charge >= 0.3 is 0 Å². The molecule has 3 saturated heterocycles. The third-order valence-corrected chi connectivity index (χ3v) is 21.1. The third kappa shape index (κ3) is 6.86. The van der Waals surface area contributed by atoms with Crippen LogP contribution in [0.1, 0.15) is 25.7 Å². The molecule has 0 radical (unpaired) electrons. The van der Waals surface area contributed by atoms with Crippen LogP contribution < -0.4 is 30.7 Å². The van der Waals surface area contributed by atoms with Crippen LogP contribution >= 0.6 is 0 Å². The molecule has 7 aliphatic rings. The standard InChI is InChI=1S/C81H60BN4/c1-6-22-53(23-7-1)58-40-42-69-73(48-58)84(79-63(54-24-8-2-9-25-54)34-20-35-64(79)55-26-10-3-11-27-55)75-49-60(83-71-38-18-16-32-67(71)68-33-17-19-39-72(68)83)50-76-78(75)82(69)70-43-41-61(86-62-45-52-44-59(47-62)81(86)77(86)46-52)51-74(70)85(76)80-65(56-28-12-4-13-29-56)36-21-37-66(80)57-30-14-5-15-31-57/h1-43,48-52,59,62,77,81H,44-47H2/q+1. The quantitative estimate of drug-likeness (QED) is 0.0811. The zero-order valence-electron chi connectivity index (χ0n) is 47.7. The molecule has 6 unspecified atom stereocenters. The number of rotatable bonds is 9. The molecule has 6 heterocycles. The summed E-state index contributed by atoms with van der Waals surface area (Å²) >= 11 is 0. The molecule has 13 aromatic rings. The summed E-state index contributed by atoms with van der Waals surface area (Å²) in [6.07, 6.45) is 5.51. The van der Waals surface area contributed by atoms with Crippen LogP contribution in [0.5, 0.6) is 0 Å². The second-order valence-corrected chi connectivity index (χ2v) is 25.2. The second-order valence-electron chi connectivity index (χ2n) is 25.2. The van der Waals surface area contributed by atoms with Gasteiger partial charge in [-0.15, -0.1) is 0 Å². The number of hydrogen-bond donors (Lipinski definition) is 0. The molecule has 4 bridgehead atoms. The van der Waals surface area contributed by atoms with E-state index in [-0.39, 0.29) is 6.71 Å². The molecule has 0 amide bonds. The summed E-state index contributed by atoms with van der Waals surface area (Å²) in [5.41, 5.74) is 28.0. The second kappa shape index (κ2) is 18.5. The first-order valence-electron chi connectivity index (χ1n) is 31.1. The number of piperidine rings is 2. The lowest BCUT2D eigenvalue weighted by Gasteiger charge is -2.46. The van der Waals surface area contributed by atoms with E-state index in [1.54, 1.807) is 0 Å². The summed E-state index contributed by atoms with van der Waals surface area (Å²) in [7, 11) is 0. The molecule has 86 heavy (non-hydrogen) atoms. The van der Waals surface area contributed by atoms with Gasteiger partial charge in [0.1, 0.15) is 11.7 Å². The van der Waals surface area contributed by atoms with Crippen LogP contribution in [0, 0.1) is 11.8 Å². The van der Waals surface area contributed by atoms with Crippen LogP contribution in [-0.2, 0) is 0 Å². The molecular weight excluding hydrogens is 1040 g/mol. The van der Waals surface area contributed by atoms with Gasteiger partial charge in [0.05, 0.1) is 34.1 Å². The van der Waals surface area contributed by atoms with Crippen LogP contribution in [0.3, 0.4) is 0 Å². The van der Waals surface area contributed by atoms with E-state index in [1.165, 1.54) is 158 Å². The van der Waals surface area contributed by atoms with Gasteiger partial charge in [-0.25, -0.2) is 0 Å². The Bertz CT molecular complexity index is 4710. The summed E-state index contributed by atoms with van der Waals surface area (Å²) < 4.78 is 3.75. The van der Waals surface area contributed by atoms with Crippen molar-refractivity contribution in [1.82, 2.24) is 9.05 Å². The zero-order chi connectivity index (χ0) is 56.2. The fourth-order valence-corrected chi connectivity index (χ4v) is 17.9. The van der Waals surface area contributed by atoms with Crippen molar-refractivity contribution in [2.75, 3.05) is 9.80 Å². The monoisotopic (exact) mass is 1100 g/mol. The van der Waals surface area contributed by atoms with Crippen molar-refractivity contribution in [3.8, 4) is 61.3 Å². The number of quaternary nitrogens is 1. The van der Waals surface area contributed by atoms with E-state index in [9.17, 15) is 0 Å². The average Bonchev–Trinajstić information content (AvgIpc) is 1.45. The molecule has 5 heteroatoms. The molecule has 2 aliphatic carbocycles. The minimum Gasteiger partial charge on any atom is -0.310 e. The Morgan fingerprint density at radius 1 is 0.349 bits per heavy atom. The molecule has 6 atom stereocenters. The Labute approximate surface area is 502 Å². The molecule has 5 fully saturated rings. The fourth-order valence-electron chi connectivity index (χ4n) is 17.9. The van der Waals surface area contributed by atoms with E-state index in [0.717, 1.165) is 35.3 Å². The van der Waals surface area contributed by atoms with Crippen molar-refractivity contribution >= 4 is 84.7 Å². The molecule has 4 nitrogen and oxygen atoms in total. The lowest BCUT2D eigenvalue weighted by molar-refractivity contribution is 0.162. The number of anilines is 6. The Morgan fingerprint density at radius 3 is 1.30 bits per heavy atom. The number of hydrogen-bond acceptors (Lipinski definition) is 2. The van der Waals surface area contributed by atoms with Gasteiger partial charge in [-0.2, -0.15) is 0 Å². The fraction of sp³-hybridized carbons (Fsp3) is 0.111. The zero-order valence-corrected chi connectivity index (χ0v) is 47.7. The van der Waals surface area contributed by atoms with E-state index >= 15 is 0 Å². The van der Waals surface area contributed by atoms with E-state index < -0.39 is 0 Å². The van der Waals surface area contributed by atoms with Gasteiger partial charge in [-0.3, -0.25) is 4.48 Å². The molecule has 0 N–H and O–H groups in total. The normalized spacial score (nSPS) is 20.7. The van der Waals surface area contributed by atoms with Crippen molar-refractivity contribution in [1.29, 1.82) is 0 Å². The van der Waals surface area contributed by atoms with Crippen LogP contribution in [0.25, 0.3) is 83.1 Å². The summed E-state index contributed by atoms with van der Waals surface area (Å²) in [5, 5.41) is 2.48. The average molecular weight is 1100 g/mol. The van der Waals surface area contributed by atoms with Gasteiger partial charge in [0, 0.05) is 87.0 Å². The number of fused-ring (bicyclic) bond motifs is 7. The molecule has 20 rings (SSSR count). The number of benzene rings is 12. The Kier molecular flexibility index (Phi) is 10.4. The summed E-state index contributed by atoms with van der Waals surface area (Å²) in [6, 6.07) is 110. The van der Waals surface area contributed by atoms with Gasteiger partial charge in [0.2, 0.25) is 0 Å². The van der Waals surface area contributed by atoms with Crippen LogP contribution in [0.2, 0.25) is 0 Å². The summed E-state index contributed by atoms with van der Waals surface area (Å²) in [5.74, 6) is 1.72. The van der Waals surface area contributed by atoms with Crippen molar-refractivity contribution in [2.45, 2.75) is 43.8 Å². The lowest BCUT2D eigenvalue weighted by Crippen LogP contribution is -2.61. The molecule has 5 aliphatic heterocycles. The van der Waals surface area contributed by atoms with Crippen molar-refractivity contribution in [2.24, 2.45) is 11.8 Å². The summed E-state index contributed by atoms with van der Waals surface area (Å²) in [4.78, 5) is 5.48. The highest BCUT2D eigenvalue weighted by molar-refractivity contribution is 7.00. The predicted octanol–water partition coefficient (Wildman–Crippen LogP) is 18.5. The maximum Gasteiger partial charge on any atom is 0.252 e. The number of para-hydroxylation sites is 4. The first-order valence-corrected chi connectivity index (χ1v) is 31.1. The van der Waals surface area contributed by atoms with Crippen molar-refractivity contribution in [3.05, 3.63) is 285 Å². The van der Waals surface area contributed by atoms with E-state index in [4.69, 9.17) is 0 Å². The molecule has 12 aromatic carbocycles. The Morgan fingerprint density at radius 2 is 0.802 bits per heavy atom. The van der Waals surface area contributed by atoms with Crippen molar-refractivity contribution in [3.63, 3.8) is 0 Å². The van der Waals surface area contributed by atoms with E-state index in [1.807, 2.05) is 0 Å². The van der Waals surface area contributed by atoms with Crippen molar-refractivity contribution < 1.29 is 0 Å². The molecule has 0 spiro atoms. The van der Waals surface area contributed by atoms with Gasteiger partial charge in [-0.05, 0) is 98.5 Å². The maximum absolute atomic E-state index is 2.78. The molecular formula is C81H60BN4+. The van der Waals surface area contributed by atoms with Crippen LogP contribution in [-0.4, -0.2) is 29.4 Å². The topological polar surface area (TPSA) is 11.4 Å². The lowest BCUT2D eigenvalue weighted by atomic mass is 9.33. The van der Waals surface area contributed by atoms with Gasteiger partial charge in [-0.1, -0.05) is 243 Å². The van der Waals surface area contributed by atoms with Gasteiger partial charge in [0.25, 0.3) is 6.71 Å². The SMILES string of the molecule is c1ccc(-c2ccc3c(c2)N(c2c(-c4ccccc4)cccc2-c2ccccc2)c2cc(-n4c5ccccc5c5ccccc54)cc4c2B3c2ccc([N+]35C6CC7CC(C6)C3C5C7)cc2N4c2c(-c3ccccc3)cccc2-c2ccccc2)cc1. The highest BCUT2D eigenvalue weighted by Crippen LogP contribution is 2.69. The first kappa shape index (κ1) is 48.4. The third-order valence-electron chi connectivity index (χ3n) is 21.1. The smallest absolute Gasteiger partial charge is 0.252 e. The Balaban J connectivity index is 0.996. The number of nitrogens with zero attached hydrogens (tertiary/aromatic N) is 4. The minimum absolute atomic E-state index is 0.118. The maximum atomic E-state index is 2.78. The molecule has 1 aromatic heterocycles. The van der Waals surface area contributed by atoms with Crippen LogP contribution in [0.15, 0.2) is 285 Å². The number of aromatic nitrogens is 1. The van der Waals surface area contributed by atoms with Gasteiger partial charge in [0.15, 0.2) is 6.04 Å². The predicted molar refractivity (Wildman–Crippen MR) is 361 cm³/mol. The molecule has 406 valence electrons. The van der Waals surface area contributed by atoms with Gasteiger partial charge < -0.3 is 14.4 Å². The first-order chi connectivity index (χ1) is 42.7.